The maximum Gasteiger partial charge on any atom is 0.225 e. The van der Waals surface area contributed by atoms with E-state index in [1.54, 1.807) is 0 Å². The van der Waals surface area contributed by atoms with Crippen LogP contribution in [0.3, 0.4) is 0 Å². The Kier molecular flexibility index (Phi) is 6.46. The average Bonchev–Trinajstić information content (AvgIpc) is 2.68. The predicted molar refractivity (Wildman–Crippen MR) is 104 cm³/mol. The maximum atomic E-state index is 12.8. The zero-order chi connectivity index (χ0) is 18.5. The summed E-state index contributed by atoms with van der Waals surface area (Å²) in [7, 11) is 5.91. The summed E-state index contributed by atoms with van der Waals surface area (Å²) in [6, 6.07) is 2.10. The first-order chi connectivity index (χ1) is 12.5. The molecule has 26 heavy (non-hydrogen) atoms. The summed E-state index contributed by atoms with van der Waals surface area (Å²) in [4.78, 5) is 26.1. The topological polar surface area (TPSA) is 61.4 Å². The Bertz CT molecular complexity index is 606. The Balaban J connectivity index is 1.74. The van der Waals surface area contributed by atoms with Gasteiger partial charge < -0.3 is 15.1 Å². The Morgan fingerprint density at radius 2 is 1.88 bits per heavy atom. The molecule has 2 aliphatic rings. The van der Waals surface area contributed by atoms with Gasteiger partial charge in [-0.15, -0.1) is 0 Å². The molecule has 1 saturated carbocycles. The largest absolute Gasteiger partial charge is 0.363 e. The van der Waals surface area contributed by atoms with Gasteiger partial charge in [0.15, 0.2) is 0 Å². The van der Waals surface area contributed by atoms with Gasteiger partial charge in [0.1, 0.15) is 11.6 Å². The monoisotopic (exact) mass is 359 g/mol. The van der Waals surface area contributed by atoms with Gasteiger partial charge in [-0.3, -0.25) is 4.79 Å². The third kappa shape index (κ3) is 4.72. The predicted octanol–water partition coefficient (Wildman–Crippen LogP) is 2.55. The van der Waals surface area contributed by atoms with E-state index >= 15 is 0 Å². The quantitative estimate of drug-likeness (QED) is 0.875. The number of nitrogens with zero attached hydrogens (tertiary/aromatic N) is 4. The van der Waals surface area contributed by atoms with Crippen LogP contribution in [0.2, 0.25) is 0 Å². The molecule has 1 amide bonds. The number of carbonyl (C=O) groups is 1. The highest BCUT2D eigenvalue weighted by molar-refractivity contribution is 5.78. The minimum atomic E-state index is 0.188. The average molecular weight is 360 g/mol. The lowest BCUT2D eigenvalue weighted by Crippen LogP contribution is -2.34. The fourth-order valence-corrected chi connectivity index (χ4v) is 4.07. The summed E-state index contributed by atoms with van der Waals surface area (Å²) < 4.78 is 0. The lowest BCUT2D eigenvalue weighted by atomic mass is 9.88. The van der Waals surface area contributed by atoms with Gasteiger partial charge in [-0.05, 0) is 32.2 Å². The molecule has 144 valence electrons. The Morgan fingerprint density at radius 1 is 1.12 bits per heavy atom. The number of nitrogens with one attached hydrogen (secondary N) is 1. The van der Waals surface area contributed by atoms with Gasteiger partial charge in [0, 0.05) is 45.6 Å². The highest BCUT2D eigenvalue weighted by atomic mass is 16.2. The highest BCUT2D eigenvalue weighted by Crippen LogP contribution is 2.27. The van der Waals surface area contributed by atoms with E-state index in [1.807, 2.05) is 30.9 Å². The van der Waals surface area contributed by atoms with Crippen LogP contribution < -0.4 is 10.2 Å². The van der Waals surface area contributed by atoms with Crippen molar-refractivity contribution in [3.63, 3.8) is 0 Å². The molecule has 2 fully saturated rings. The van der Waals surface area contributed by atoms with E-state index in [0.717, 1.165) is 49.7 Å². The van der Waals surface area contributed by atoms with Crippen LogP contribution in [-0.2, 0) is 11.3 Å². The summed E-state index contributed by atoms with van der Waals surface area (Å²) in [5.74, 6) is 2.55. The van der Waals surface area contributed by atoms with Gasteiger partial charge in [-0.25, -0.2) is 9.97 Å². The molecule has 6 nitrogen and oxygen atoms in total. The van der Waals surface area contributed by atoms with Gasteiger partial charge in [-0.2, -0.15) is 0 Å². The van der Waals surface area contributed by atoms with Crippen LogP contribution in [0.25, 0.3) is 0 Å². The van der Waals surface area contributed by atoms with Gasteiger partial charge >= 0.3 is 0 Å². The first kappa shape index (κ1) is 19.1. The molecule has 0 radical (unpaired) electrons. The molecular formula is C20H33N5O. The molecule has 3 rings (SSSR count). The molecule has 0 aromatic carbocycles. The number of amides is 1. The van der Waals surface area contributed by atoms with E-state index in [0.29, 0.717) is 12.5 Å². The molecule has 1 aromatic heterocycles. The minimum absolute atomic E-state index is 0.188. The third-order valence-electron chi connectivity index (χ3n) is 5.66. The van der Waals surface area contributed by atoms with Crippen LogP contribution in [0.5, 0.6) is 0 Å². The van der Waals surface area contributed by atoms with E-state index in [9.17, 15) is 4.79 Å². The van der Waals surface area contributed by atoms with Crippen molar-refractivity contribution in [1.82, 2.24) is 20.2 Å². The lowest BCUT2D eigenvalue weighted by molar-refractivity contribution is -0.135. The molecule has 1 aliphatic carbocycles. The van der Waals surface area contributed by atoms with Crippen LogP contribution in [0.1, 0.15) is 62.4 Å². The zero-order valence-corrected chi connectivity index (χ0v) is 16.5. The van der Waals surface area contributed by atoms with Crippen LogP contribution in [-0.4, -0.2) is 55.0 Å². The van der Waals surface area contributed by atoms with Gasteiger partial charge in [-0.1, -0.05) is 19.3 Å². The molecule has 1 aromatic rings. The van der Waals surface area contributed by atoms with E-state index in [4.69, 9.17) is 9.97 Å². The molecule has 2 heterocycles. The number of carbonyl (C=O) groups excluding carboxylic acids is 1. The Morgan fingerprint density at radius 3 is 2.54 bits per heavy atom. The second-order valence-corrected chi connectivity index (χ2v) is 8.03. The summed E-state index contributed by atoms with van der Waals surface area (Å²) in [5.41, 5.74) is 1.10. The van der Waals surface area contributed by atoms with Gasteiger partial charge in [0.05, 0.1) is 12.2 Å². The van der Waals surface area contributed by atoms with E-state index in [-0.39, 0.29) is 11.8 Å². The van der Waals surface area contributed by atoms with E-state index in [2.05, 4.69) is 11.4 Å². The van der Waals surface area contributed by atoms with Crippen molar-refractivity contribution >= 4 is 11.7 Å². The van der Waals surface area contributed by atoms with Crippen molar-refractivity contribution in [3.8, 4) is 0 Å². The fourth-order valence-electron chi connectivity index (χ4n) is 4.07. The smallest absolute Gasteiger partial charge is 0.225 e. The summed E-state index contributed by atoms with van der Waals surface area (Å²) >= 11 is 0. The second-order valence-electron chi connectivity index (χ2n) is 8.03. The molecule has 1 atom stereocenters. The molecular weight excluding hydrogens is 326 g/mol. The van der Waals surface area contributed by atoms with Gasteiger partial charge in [0.25, 0.3) is 0 Å². The number of hydrogen-bond donors (Lipinski definition) is 1. The van der Waals surface area contributed by atoms with Crippen LogP contribution in [0.15, 0.2) is 6.07 Å². The van der Waals surface area contributed by atoms with Crippen molar-refractivity contribution in [3.05, 3.63) is 17.6 Å². The van der Waals surface area contributed by atoms with Crippen molar-refractivity contribution in [2.75, 3.05) is 39.1 Å². The SMILES string of the molecule is CN(Cc1nc([C@@H]2CCCNC2)cc(N(C)C)n1)C(=O)C1CCCCC1. The van der Waals surface area contributed by atoms with Crippen LogP contribution >= 0.6 is 0 Å². The molecule has 1 N–H and O–H groups in total. The number of hydrogen-bond acceptors (Lipinski definition) is 5. The van der Waals surface area contributed by atoms with Crippen LogP contribution in [0.4, 0.5) is 5.82 Å². The number of aromatic nitrogens is 2. The van der Waals surface area contributed by atoms with Crippen molar-refractivity contribution < 1.29 is 4.79 Å². The number of rotatable bonds is 5. The standard InChI is InChI=1S/C20H33N5O/c1-24(2)19-12-17(16-10-7-11-21-13-16)22-18(23-19)14-25(3)20(26)15-8-5-4-6-9-15/h12,15-16,21H,4-11,13-14H2,1-3H3/t16-/m1/s1. The van der Waals surface area contributed by atoms with E-state index in [1.165, 1.54) is 25.7 Å². The molecule has 1 aliphatic heterocycles. The minimum Gasteiger partial charge on any atom is -0.363 e. The fraction of sp³-hybridized carbons (Fsp3) is 0.750. The first-order valence-electron chi connectivity index (χ1n) is 10.1. The first-order valence-corrected chi connectivity index (χ1v) is 10.1. The van der Waals surface area contributed by atoms with Crippen molar-refractivity contribution in [2.24, 2.45) is 5.92 Å². The normalized spacial score (nSPS) is 21.4. The summed E-state index contributed by atoms with van der Waals surface area (Å²) in [6.45, 7) is 2.55. The molecule has 0 unspecified atom stereocenters. The lowest BCUT2D eigenvalue weighted by Gasteiger charge is -2.27. The van der Waals surface area contributed by atoms with E-state index < -0.39 is 0 Å². The Hall–Kier alpha value is -1.69. The molecule has 0 bridgehead atoms. The van der Waals surface area contributed by atoms with Gasteiger partial charge in [0.2, 0.25) is 5.91 Å². The summed E-state index contributed by atoms with van der Waals surface area (Å²) in [6.07, 6.45) is 8.02. The zero-order valence-electron chi connectivity index (χ0n) is 16.5. The highest BCUT2D eigenvalue weighted by Gasteiger charge is 2.25. The number of anilines is 1. The molecule has 1 saturated heterocycles. The maximum absolute atomic E-state index is 12.8. The van der Waals surface area contributed by atoms with Crippen molar-refractivity contribution in [2.45, 2.75) is 57.4 Å². The van der Waals surface area contributed by atoms with Crippen molar-refractivity contribution in [1.29, 1.82) is 0 Å². The molecule has 0 spiro atoms. The summed E-state index contributed by atoms with van der Waals surface area (Å²) in [5, 5.41) is 3.46. The second kappa shape index (κ2) is 8.80. The third-order valence-corrected chi connectivity index (χ3v) is 5.66. The number of piperidine rings is 1. The van der Waals surface area contributed by atoms with Crippen LogP contribution in [0, 0.1) is 5.92 Å². The Labute approximate surface area is 157 Å². The molecule has 6 heteroatoms.